The number of hydrogen-bond acceptors (Lipinski definition) is 3. The lowest BCUT2D eigenvalue weighted by molar-refractivity contribution is -0.139. The van der Waals surface area contributed by atoms with Gasteiger partial charge in [0.25, 0.3) is 0 Å². The summed E-state index contributed by atoms with van der Waals surface area (Å²) in [6, 6.07) is 0.254. The van der Waals surface area contributed by atoms with Crippen LogP contribution in [0.1, 0.15) is 65.7 Å². The van der Waals surface area contributed by atoms with E-state index in [-0.39, 0.29) is 23.8 Å². The lowest BCUT2D eigenvalue weighted by Crippen LogP contribution is -2.50. The molecule has 0 radical (unpaired) electrons. The molecule has 2 fully saturated rings. The molecular formula is C20H37N3O2. The van der Waals surface area contributed by atoms with Gasteiger partial charge in [0.2, 0.25) is 11.8 Å². The van der Waals surface area contributed by atoms with Gasteiger partial charge in [-0.1, -0.05) is 20.3 Å². The summed E-state index contributed by atoms with van der Waals surface area (Å²) in [5.41, 5.74) is 0. The number of likely N-dealkylation sites (tertiary alicyclic amines) is 1. The Kier molecular flexibility index (Phi) is 8.20. The monoisotopic (exact) mass is 351 g/mol. The summed E-state index contributed by atoms with van der Waals surface area (Å²) in [7, 11) is 0. The van der Waals surface area contributed by atoms with Gasteiger partial charge >= 0.3 is 0 Å². The zero-order valence-electron chi connectivity index (χ0n) is 16.4. The molecule has 0 spiro atoms. The summed E-state index contributed by atoms with van der Waals surface area (Å²) in [4.78, 5) is 27.2. The third-order valence-electron chi connectivity index (χ3n) is 6.04. The molecule has 5 nitrogen and oxygen atoms in total. The van der Waals surface area contributed by atoms with Gasteiger partial charge in [-0.25, -0.2) is 0 Å². The molecule has 2 aliphatic heterocycles. The minimum Gasteiger partial charge on any atom is -0.356 e. The molecule has 5 heteroatoms. The second kappa shape index (κ2) is 10.1. The quantitative estimate of drug-likeness (QED) is 0.693. The summed E-state index contributed by atoms with van der Waals surface area (Å²) in [6.07, 6.45) is 6.97. The fraction of sp³-hybridized carbons (Fsp3) is 0.900. The van der Waals surface area contributed by atoms with Gasteiger partial charge in [-0.3, -0.25) is 9.59 Å². The average molecular weight is 352 g/mol. The second-order valence-corrected chi connectivity index (χ2v) is 8.10. The van der Waals surface area contributed by atoms with E-state index in [0.717, 1.165) is 45.3 Å². The van der Waals surface area contributed by atoms with Crippen LogP contribution in [-0.4, -0.2) is 48.9 Å². The van der Waals surface area contributed by atoms with Crippen LogP contribution in [0.4, 0.5) is 0 Å². The molecule has 25 heavy (non-hydrogen) atoms. The number of carbonyl (C=O) groups excluding carboxylic acids is 2. The molecular weight excluding hydrogens is 314 g/mol. The van der Waals surface area contributed by atoms with E-state index in [9.17, 15) is 9.59 Å². The van der Waals surface area contributed by atoms with Gasteiger partial charge in [0.15, 0.2) is 0 Å². The predicted molar refractivity (Wildman–Crippen MR) is 101 cm³/mol. The van der Waals surface area contributed by atoms with Gasteiger partial charge in [-0.2, -0.15) is 0 Å². The Balaban J connectivity index is 1.85. The minimum absolute atomic E-state index is 0.0383. The second-order valence-electron chi connectivity index (χ2n) is 8.10. The lowest BCUT2D eigenvalue weighted by atomic mass is 9.84. The van der Waals surface area contributed by atoms with Gasteiger partial charge in [-0.05, 0) is 64.0 Å². The number of nitrogens with zero attached hydrogens (tertiary/aromatic N) is 1. The first-order valence-corrected chi connectivity index (χ1v) is 10.3. The van der Waals surface area contributed by atoms with Crippen LogP contribution in [0.15, 0.2) is 0 Å². The van der Waals surface area contributed by atoms with Crippen LogP contribution in [0.25, 0.3) is 0 Å². The number of rotatable bonds is 7. The van der Waals surface area contributed by atoms with Gasteiger partial charge in [0.1, 0.15) is 0 Å². The summed E-state index contributed by atoms with van der Waals surface area (Å²) in [5.74, 6) is 1.33. The number of carbonyl (C=O) groups is 2. The number of piperidine rings is 2. The van der Waals surface area contributed by atoms with E-state index in [2.05, 4.69) is 31.4 Å². The van der Waals surface area contributed by atoms with Crippen molar-refractivity contribution in [1.29, 1.82) is 0 Å². The summed E-state index contributed by atoms with van der Waals surface area (Å²) < 4.78 is 0. The van der Waals surface area contributed by atoms with Crippen LogP contribution in [0.5, 0.6) is 0 Å². The Morgan fingerprint density at radius 3 is 2.76 bits per heavy atom. The smallest absolute Gasteiger partial charge is 0.224 e. The van der Waals surface area contributed by atoms with Crippen molar-refractivity contribution in [3.8, 4) is 0 Å². The Bertz CT molecular complexity index is 435. The van der Waals surface area contributed by atoms with Gasteiger partial charge in [0.05, 0.1) is 5.92 Å². The molecule has 4 atom stereocenters. The van der Waals surface area contributed by atoms with Crippen LogP contribution < -0.4 is 10.6 Å². The highest BCUT2D eigenvalue weighted by molar-refractivity contribution is 5.81. The molecule has 144 valence electrons. The number of hydrogen-bond donors (Lipinski definition) is 2. The Hall–Kier alpha value is -1.10. The van der Waals surface area contributed by atoms with Crippen LogP contribution in [0.2, 0.25) is 0 Å². The zero-order chi connectivity index (χ0) is 18.2. The zero-order valence-corrected chi connectivity index (χ0v) is 16.4. The molecule has 2 N–H and O–H groups in total. The van der Waals surface area contributed by atoms with Crippen LogP contribution >= 0.6 is 0 Å². The van der Waals surface area contributed by atoms with E-state index in [0.29, 0.717) is 24.8 Å². The highest BCUT2D eigenvalue weighted by atomic mass is 16.2. The summed E-state index contributed by atoms with van der Waals surface area (Å²) in [6.45, 7) is 9.93. The van der Waals surface area contributed by atoms with Crippen molar-refractivity contribution in [2.45, 2.75) is 71.8 Å². The van der Waals surface area contributed by atoms with Crippen LogP contribution in [0.3, 0.4) is 0 Å². The topological polar surface area (TPSA) is 61.4 Å². The van der Waals surface area contributed by atoms with E-state index >= 15 is 0 Å². The maximum absolute atomic E-state index is 12.9. The Labute approximate surface area is 153 Å². The molecule has 2 heterocycles. The maximum atomic E-state index is 12.9. The van der Waals surface area contributed by atoms with Gasteiger partial charge in [0, 0.05) is 25.6 Å². The first-order valence-electron chi connectivity index (χ1n) is 10.3. The molecule has 0 saturated carbocycles. The van der Waals surface area contributed by atoms with Crippen molar-refractivity contribution < 1.29 is 9.59 Å². The fourth-order valence-corrected chi connectivity index (χ4v) is 4.13. The van der Waals surface area contributed by atoms with Crippen LogP contribution in [-0.2, 0) is 9.59 Å². The molecule has 2 aliphatic rings. The summed E-state index contributed by atoms with van der Waals surface area (Å²) >= 11 is 0. The molecule has 0 aromatic carbocycles. The van der Waals surface area contributed by atoms with Crippen molar-refractivity contribution in [2.75, 3.05) is 26.2 Å². The van der Waals surface area contributed by atoms with E-state index in [1.54, 1.807) is 0 Å². The third-order valence-corrected chi connectivity index (χ3v) is 6.04. The van der Waals surface area contributed by atoms with E-state index in [4.69, 9.17) is 0 Å². The molecule has 0 aromatic rings. The highest BCUT2D eigenvalue weighted by Crippen LogP contribution is 2.27. The normalized spacial score (nSPS) is 28.4. The van der Waals surface area contributed by atoms with Crippen LogP contribution in [0, 0.1) is 17.8 Å². The minimum atomic E-state index is -0.0383. The molecule has 2 rings (SSSR count). The van der Waals surface area contributed by atoms with E-state index in [1.165, 1.54) is 12.8 Å². The SMILES string of the molecule is CCCCNC(=O)C1CCC(C)N(C(=O)CC(C)C2CCCNC2)C1. The Morgan fingerprint density at radius 2 is 2.08 bits per heavy atom. The van der Waals surface area contributed by atoms with Gasteiger partial charge < -0.3 is 15.5 Å². The van der Waals surface area contributed by atoms with E-state index in [1.807, 2.05) is 4.90 Å². The standard InChI is InChI=1S/C20H37N3O2/c1-4-5-11-22-20(25)18-9-8-16(3)23(14-18)19(24)12-15(2)17-7-6-10-21-13-17/h15-18,21H,4-14H2,1-3H3,(H,22,25). The van der Waals surface area contributed by atoms with Crippen molar-refractivity contribution in [3.63, 3.8) is 0 Å². The van der Waals surface area contributed by atoms with E-state index < -0.39 is 0 Å². The molecule has 0 aliphatic carbocycles. The highest BCUT2D eigenvalue weighted by Gasteiger charge is 2.33. The molecule has 4 unspecified atom stereocenters. The maximum Gasteiger partial charge on any atom is 0.224 e. The molecule has 0 bridgehead atoms. The Morgan fingerprint density at radius 1 is 1.28 bits per heavy atom. The molecule has 2 amide bonds. The number of amides is 2. The molecule has 2 saturated heterocycles. The van der Waals surface area contributed by atoms with Crippen molar-refractivity contribution >= 4 is 11.8 Å². The first-order chi connectivity index (χ1) is 12.0. The lowest BCUT2D eigenvalue weighted by Gasteiger charge is -2.38. The van der Waals surface area contributed by atoms with Crippen molar-refractivity contribution in [2.24, 2.45) is 17.8 Å². The molecule has 0 aromatic heterocycles. The fourth-order valence-electron chi connectivity index (χ4n) is 4.13. The number of nitrogens with one attached hydrogen (secondary N) is 2. The predicted octanol–water partition coefficient (Wildman–Crippen LogP) is 2.56. The third kappa shape index (κ3) is 5.98. The number of unbranched alkanes of at least 4 members (excludes halogenated alkanes) is 1. The van der Waals surface area contributed by atoms with Crippen molar-refractivity contribution in [3.05, 3.63) is 0 Å². The largest absolute Gasteiger partial charge is 0.356 e. The average Bonchev–Trinajstić information content (AvgIpc) is 2.62. The first kappa shape index (κ1) is 20.2. The summed E-state index contributed by atoms with van der Waals surface area (Å²) in [5, 5.41) is 6.48. The van der Waals surface area contributed by atoms with Crippen molar-refractivity contribution in [1.82, 2.24) is 15.5 Å². The van der Waals surface area contributed by atoms with Gasteiger partial charge in [-0.15, -0.1) is 0 Å².